The van der Waals surface area contributed by atoms with Gasteiger partial charge in [0, 0.05) is 23.1 Å². The molecule has 0 aliphatic rings. The Bertz CT molecular complexity index is 777. The number of pyridine rings is 1. The number of halogens is 1. The molecule has 0 atom stereocenters. The van der Waals surface area contributed by atoms with Gasteiger partial charge in [-0.15, -0.1) is 0 Å². The Kier molecular flexibility index (Phi) is 3.62. The van der Waals surface area contributed by atoms with Gasteiger partial charge in [0.05, 0.1) is 12.1 Å². The summed E-state index contributed by atoms with van der Waals surface area (Å²) in [6.45, 7) is 1.93. The van der Waals surface area contributed by atoms with Gasteiger partial charge in [-0.2, -0.15) is 0 Å². The average Bonchev–Trinajstić information content (AvgIpc) is 2.84. The molecule has 2 heterocycles. The van der Waals surface area contributed by atoms with E-state index in [0.717, 1.165) is 22.6 Å². The molecule has 21 heavy (non-hydrogen) atoms. The van der Waals surface area contributed by atoms with Gasteiger partial charge >= 0.3 is 0 Å². The maximum Gasteiger partial charge on any atom is 0.230 e. The molecular weight excluding hydrogens is 286 g/mol. The van der Waals surface area contributed by atoms with Gasteiger partial charge in [-0.05, 0) is 36.8 Å². The fourth-order valence-electron chi connectivity index (χ4n) is 2.16. The molecule has 3 aromatic rings. The van der Waals surface area contributed by atoms with Gasteiger partial charge in [0.25, 0.3) is 0 Å². The van der Waals surface area contributed by atoms with E-state index in [9.17, 15) is 4.79 Å². The van der Waals surface area contributed by atoms with Crippen LogP contribution in [0.3, 0.4) is 0 Å². The van der Waals surface area contributed by atoms with Crippen LogP contribution < -0.4 is 5.32 Å². The number of hydrogen-bond acceptors (Lipinski definition) is 2. The zero-order chi connectivity index (χ0) is 14.8. The fraction of sp³-hybridized carbons (Fsp3) is 0.125. The van der Waals surface area contributed by atoms with Gasteiger partial charge < -0.3 is 9.72 Å². The molecule has 1 amide bonds. The molecule has 3 rings (SSSR count). The minimum Gasteiger partial charge on any atom is -0.325 e. The van der Waals surface area contributed by atoms with Gasteiger partial charge in [-0.3, -0.25) is 4.79 Å². The van der Waals surface area contributed by atoms with Crippen molar-refractivity contribution < 1.29 is 4.79 Å². The summed E-state index contributed by atoms with van der Waals surface area (Å²) in [4.78, 5) is 16.5. The van der Waals surface area contributed by atoms with Crippen molar-refractivity contribution in [1.82, 2.24) is 9.38 Å². The summed E-state index contributed by atoms with van der Waals surface area (Å²) in [5.41, 5.74) is 3.27. The second kappa shape index (κ2) is 5.58. The Morgan fingerprint density at radius 2 is 2.19 bits per heavy atom. The topological polar surface area (TPSA) is 46.4 Å². The number of nitrogens with zero attached hydrogens (tertiary/aromatic N) is 2. The Morgan fingerprint density at radius 3 is 3.00 bits per heavy atom. The fourth-order valence-corrected chi connectivity index (χ4v) is 2.33. The van der Waals surface area contributed by atoms with Gasteiger partial charge in [-0.1, -0.05) is 23.7 Å². The highest BCUT2D eigenvalue weighted by Crippen LogP contribution is 2.20. The van der Waals surface area contributed by atoms with Gasteiger partial charge in [0.1, 0.15) is 5.65 Å². The number of carbonyl (C=O) groups is 1. The van der Waals surface area contributed by atoms with Crippen LogP contribution in [0.5, 0.6) is 0 Å². The van der Waals surface area contributed by atoms with Crippen LogP contribution in [0.15, 0.2) is 48.8 Å². The van der Waals surface area contributed by atoms with Gasteiger partial charge in [-0.25, -0.2) is 4.98 Å². The zero-order valence-corrected chi connectivity index (χ0v) is 12.3. The van der Waals surface area contributed by atoms with Gasteiger partial charge in [0.2, 0.25) is 5.91 Å². The summed E-state index contributed by atoms with van der Waals surface area (Å²) >= 11 is 5.95. The smallest absolute Gasteiger partial charge is 0.230 e. The van der Waals surface area contributed by atoms with Crippen LogP contribution in [0, 0.1) is 6.92 Å². The third kappa shape index (κ3) is 3.06. The molecule has 0 aliphatic heterocycles. The summed E-state index contributed by atoms with van der Waals surface area (Å²) in [7, 11) is 0. The van der Waals surface area contributed by atoms with Crippen molar-refractivity contribution in [2.45, 2.75) is 13.3 Å². The minimum absolute atomic E-state index is 0.108. The quantitative estimate of drug-likeness (QED) is 0.805. The standard InChI is InChI=1S/C16H14ClN3O/c1-11-5-6-12(17)8-14(11)19-16(21)9-13-10-20-7-3-2-4-15(20)18-13/h2-8,10H,9H2,1H3,(H,19,21). The first-order valence-corrected chi connectivity index (χ1v) is 6.98. The van der Waals surface area contributed by atoms with E-state index in [2.05, 4.69) is 10.3 Å². The highest BCUT2D eigenvalue weighted by Gasteiger charge is 2.09. The molecule has 4 nitrogen and oxygen atoms in total. The van der Waals surface area contributed by atoms with E-state index in [-0.39, 0.29) is 12.3 Å². The number of carbonyl (C=O) groups excluding carboxylic acids is 1. The summed E-state index contributed by atoms with van der Waals surface area (Å²) in [6.07, 6.45) is 4.00. The average molecular weight is 300 g/mol. The number of nitrogens with one attached hydrogen (secondary N) is 1. The van der Waals surface area contributed by atoms with Crippen molar-refractivity contribution in [1.29, 1.82) is 0 Å². The lowest BCUT2D eigenvalue weighted by Gasteiger charge is -2.07. The van der Waals surface area contributed by atoms with Crippen molar-refractivity contribution in [2.24, 2.45) is 0 Å². The van der Waals surface area contributed by atoms with E-state index >= 15 is 0 Å². The van der Waals surface area contributed by atoms with E-state index in [4.69, 9.17) is 11.6 Å². The zero-order valence-electron chi connectivity index (χ0n) is 11.5. The second-order valence-electron chi connectivity index (χ2n) is 4.88. The molecule has 0 saturated carbocycles. The lowest BCUT2D eigenvalue weighted by molar-refractivity contribution is -0.115. The minimum atomic E-state index is -0.108. The van der Waals surface area contributed by atoms with Gasteiger partial charge in [0.15, 0.2) is 0 Å². The number of anilines is 1. The van der Waals surface area contributed by atoms with Crippen LogP contribution in [-0.4, -0.2) is 15.3 Å². The first-order valence-electron chi connectivity index (χ1n) is 6.60. The molecule has 2 aromatic heterocycles. The van der Waals surface area contributed by atoms with Crippen LogP contribution in [0.2, 0.25) is 5.02 Å². The number of imidazole rings is 1. The van der Waals surface area contributed by atoms with E-state index < -0.39 is 0 Å². The normalized spacial score (nSPS) is 10.8. The molecule has 0 spiro atoms. The lowest BCUT2D eigenvalue weighted by atomic mass is 10.2. The Morgan fingerprint density at radius 1 is 1.33 bits per heavy atom. The predicted octanol–water partition coefficient (Wildman–Crippen LogP) is 3.48. The van der Waals surface area contributed by atoms with E-state index in [1.54, 1.807) is 12.1 Å². The summed E-state index contributed by atoms with van der Waals surface area (Å²) in [5, 5.41) is 3.47. The maximum atomic E-state index is 12.1. The molecule has 0 bridgehead atoms. The lowest BCUT2D eigenvalue weighted by Crippen LogP contribution is -2.15. The highest BCUT2D eigenvalue weighted by atomic mass is 35.5. The molecule has 1 N–H and O–H groups in total. The predicted molar refractivity (Wildman–Crippen MR) is 83.7 cm³/mol. The monoisotopic (exact) mass is 299 g/mol. The molecule has 5 heteroatoms. The summed E-state index contributed by atoms with van der Waals surface area (Å²) < 4.78 is 1.90. The highest BCUT2D eigenvalue weighted by molar-refractivity contribution is 6.31. The van der Waals surface area contributed by atoms with E-state index in [1.807, 2.05) is 48.0 Å². The number of fused-ring (bicyclic) bond motifs is 1. The van der Waals surface area contributed by atoms with Crippen molar-refractivity contribution in [3.8, 4) is 0 Å². The number of benzene rings is 1. The van der Waals surface area contributed by atoms with Crippen molar-refractivity contribution in [3.05, 3.63) is 65.1 Å². The van der Waals surface area contributed by atoms with Crippen molar-refractivity contribution in [2.75, 3.05) is 5.32 Å². The third-order valence-electron chi connectivity index (χ3n) is 3.23. The SMILES string of the molecule is Cc1ccc(Cl)cc1NC(=O)Cc1cn2ccccc2n1. The van der Waals surface area contributed by atoms with Crippen molar-refractivity contribution >= 4 is 28.8 Å². The number of hydrogen-bond donors (Lipinski definition) is 1. The van der Waals surface area contributed by atoms with Crippen LogP contribution in [0.25, 0.3) is 5.65 Å². The molecule has 0 saturated heterocycles. The number of aryl methyl sites for hydroxylation is 1. The Balaban J connectivity index is 1.75. The Hall–Kier alpha value is -2.33. The molecule has 106 valence electrons. The summed E-state index contributed by atoms with van der Waals surface area (Å²) in [5.74, 6) is -0.108. The first kappa shape index (κ1) is 13.6. The Labute approximate surface area is 127 Å². The molecule has 1 aromatic carbocycles. The first-order chi connectivity index (χ1) is 10.1. The maximum absolute atomic E-state index is 12.1. The van der Waals surface area contributed by atoms with Crippen LogP contribution >= 0.6 is 11.6 Å². The molecular formula is C16H14ClN3O. The summed E-state index contributed by atoms with van der Waals surface area (Å²) in [6, 6.07) is 11.2. The van der Waals surface area contributed by atoms with E-state index in [1.165, 1.54) is 0 Å². The van der Waals surface area contributed by atoms with Crippen LogP contribution in [0.1, 0.15) is 11.3 Å². The number of aromatic nitrogens is 2. The van der Waals surface area contributed by atoms with Crippen molar-refractivity contribution in [3.63, 3.8) is 0 Å². The number of rotatable bonds is 3. The van der Waals surface area contributed by atoms with Crippen LogP contribution in [0.4, 0.5) is 5.69 Å². The molecule has 0 radical (unpaired) electrons. The molecule has 0 fully saturated rings. The van der Waals surface area contributed by atoms with Crippen LogP contribution in [-0.2, 0) is 11.2 Å². The number of amides is 1. The second-order valence-corrected chi connectivity index (χ2v) is 5.32. The molecule has 0 aliphatic carbocycles. The molecule has 0 unspecified atom stereocenters. The largest absolute Gasteiger partial charge is 0.325 e. The third-order valence-corrected chi connectivity index (χ3v) is 3.46. The van der Waals surface area contributed by atoms with E-state index in [0.29, 0.717) is 5.02 Å².